The number of hydrogen-bond acceptors (Lipinski definition) is 8. The van der Waals surface area contributed by atoms with Crippen molar-refractivity contribution in [3.8, 4) is 5.88 Å². The molecule has 10 heteroatoms. The van der Waals surface area contributed by atoms with Gasteiger partial charge in [0.2, 0.25) is 11.8 Å². The van der Waals surface area contributed by atoms with Crippen molar-refractivity contribution in [1.82, 2.24) is 19.5 Å². The minimum Gasteiger partial charge on any atom is -0.480 e. The molecule has 0 bridgehead atoms. The number of aryl methyl sites for hydroxylation is 2. The van der Waals surface area contributed by atoms with Crippen LogP contribution in [-0.4, -0.2) is 50.9 Å². The minimum absolute atomic E-state index is 0.250. The molecular weight excluding hydrogens is 462 g/mol. The van der Waals surface area contributed by atoms with Crippen molar-refractivity contribution >= 4 is 34.5 Å². The Hall–Kier alpha value is -2.75. The number of aliphatic hydroxyl groups is 1. The summed E-state index contributed by atoms with van der Waals surface area (Å²) < 4.78 is 6.71. The maximum Gasteiger partial charge on any atom is 0.352 e. The van der Waals surface area contributed by atoms with E-state index in [0.29, 0.717) is 41.2 Å². The third-order valence-electron chi connectivity index (χ3n) is 6.00. The Kier molecular flexibility index (Phi) is 6.18. The standard InChI is InChI=1S/C23H24ClN5O3S/c1-32-21-17(24)6-7-18(26-21)16-8-9-28(12-19(16)30)22-25-13-29(23(31)27-22)11-15-10-14-4-2-3-5-20(14)33-15/h6-8,10,13,19,30H,2-5,9,11-12H2,1H3/t19-/m0/s1. The van der Waals surface area contributed by atoms with Crippen molar-refractivity contribution in [1.29, 1.82) is 0 Å². The minimum atomic E-state index is -0.819. The van der Waals surface area contributed by atoms with Gasteiger partial charge < -0.3 is 14.7 Å². The number of rotatable bonds is 5. The first-order chi connectivity index (χ1) is 16.0. The summed E-state index contributed by atoms with van der Waals surface area (Å²) in [6.07, 6.45) is 7.32. The summed E-state index contributed by atoms with van der Waals surface area (Å²) in [7, 11) is 1.50. The molecular formula is C23H24ClN5O3S. The molecule has 0 radical (unpaired) electrons. The van der Waals surface area contributed by atoms with E-state index in [2.05, 4.69) is 21.0 Å². The maximum atomic E-state index is 12.7. The van der Waals surface area contributed by atoms with E-state index in [1.165, 1.54) is 35.0 Å². The second-order valence-electron chi connectivity index (χ2n) is 8.20. The van der Waals surface area contributed by atoms with Gasteiger partial charge in [0.15, 0.2) is 0 Å². The van der Waals surface area contributed by atoms with E-state index in [1.807, 2.05) is 6.08 Å². The van der Waals surface area contributed by atoms with Crippen molar-refractivity contribution in [2.45, 2.75) is 38.3 Å². The number of halogens is 1. The van der Waals surface area contributed by atoms with Gasteiger partial charge in [-0.25, -0.2) is 14.8 Å². The lowest BCUT2D eigenvalue weighted by atomic mass is 9.99. The molecule has 1 aliphatic heterocycles. The van der Waals surface area contributed by atoms with Gasteiger partial charge in [0.05, 0.1) is 32.0 Å². The molecule has 0 unspecified atom stereocenters. The number of nitrogens with zero attached hydrogens (tertiary/aromatic N) is 5. The Balaban J connectivity index is 1.32. The van der Waals surface area contributed by atoms with Crippen LogP contribution in [0.1, 0.15) is 33.9 Å². The highest BCUT2D eigenvalue weighted by atomic mass is 35.5. The quantitative estimate of drug-likeness (QED) is 0.593. The van der Waals surface area contributed by atoms with Gasteiger partial charge in [-0.1, -0.05) is 17.7 Å². The van der Waals surface area contributed by atoms with E-state index in [4.69, 9.17) is 16.3 Å². The molecule has 3 aromatic heterocycles. The van der Waals surface area contributed by atoms with Crippen LogP contribution in [0.4, 0.5) is 5.95 Å². The Morgan fingerprint density at radius 1 is 1.27 bits per heavy atom. The number of fused-ring (bicyclic) bond motifs is 1. The van der Waals surface area contributed by atoms with E-state index in [-0.39, 0.29) is 12.2 Å². The molecule has 1 N–H and O–H groups in total. The number of pyridine rings is 1. The van der Waals surface area contributed by atoms with Crippen LogP contribution in [0.5, 0.6) is 5.88 Å². The van der Waals surface area contributed by atoms with E-state index in [1.54, 1.807) is 34.7 Å². The molecule has 0 amide bonds. The predicted molar refractivity (Wildman–Crippen MR) is 128 cm³/mol. The van der Waals surface area contributed by atoms with Gasteiger partial charge in [-0.2, -0.15) is 4.98 Å². The van der Waals surface area contributed by atoms with Gasteiger partial charge in [-0.05, 0) is 49.4 Å². The smallest absolute Gasteiger partial charge is 0.352 e. The van der Waals surface area contributed by atoms with Crippen LogP contribution in [0.2, 0.25) is 5.02 Å². The number of ether oxygens (including phenoxy) is 1. The van der Waals surface area contributed by atoms with E-state index in [9.17, 15) is 9.90 Å². The lowest BCUT2D eigenvalue weighted by Gasteiger charge is -2.30. The second kappa shape index (κ2) is 9.24. The van der Waals surface area contributed by atoms with Crippen LogP contribution in [0.15, 0.2) is 35.4 Å². The largest absolute Gasteiger partial charge is 0.480 e. The summed E-state index contributed by atoms with van der Waals surface area (Å²) in [5.74, 6) is 0.612. The van der Waals surface area contributed by atoms with Crippen molar-refractivity contribution in [2.75, 3.05) is 25.1 Å². The van der Waals surface area contributed by atoms with Gasteiger partial charge >= 0.3 is 5.69 Å². The van der Waals surface area contributed by atoms with Crippen molar-refractivity contribution < 1.29 is 9.84 Å². The van der Waals surface area contributed by atoms with Crippen LogP contribution >= 0.6 is 22.9 Å². The molecule has 172 valence electrons. The molecule has 0 saturated carbocycles. The Bertz CT molecular complexity index is 1250. The third kappa shape index (κ3) is 4.53. The van der Waals surface area contributed by atoms with Crippen LogP contribution < -0.4 is 15.3 Å². The van der Waals surface area contributed by atoms with E-state index >= 15 is 0 Å². The zero-order valence-corrected chi connectivity index (χ0v) is 19.8. The number of anilines is 1. The summed E-state index contributed by atoms with van der Waals surface area (Å²) >= 11 is 7.84. The Labute approximate surface area is 200 Å². The molecule has 0 spiro atoms. The van der Waals surface area contributed by atoms with Gasteiger partial charge in [-0.15, -0.1) is 11.3 Å². The van der Waals surface area contributed by atoms with Crippen LogP contribution in [0.25, 0.3) is 5.57 Å². The second-order valence-corrected chi connectivity index (χ2v) is 9.83. The normalized spacial score (nSPS) is 18.1. The molecule has 3 aromatic rings. The number of thiophene rings is 1. The summed E-state index contributed by atoms with van der Waals surface area (Å²) in [5.41, 5.74) is 2.35. The number of aromatic nitrogens is 4. The fourth-order valence-electron chi connectivity index (χ4n) is 4.30. The summed E-state index contributed by atoms with van der Waals surface area (Å²) in [5, 5.41) is 11.1. The Morgan fingerprint density at radius 2 is 2.12 bits per heavy atom. The van der Waals surface area contributed by atoms with Gasteiger partial charge in [0.25, 0.3) is 0 Å². The number of aliphatic hydroxyl groups excluding tert-OH is 1. The fraction of sp³-hybridized carbons (Fsp3) is 0.391. The molecule has 1 atom stereocenters. The highest BCUT2D eigenvalue weighted by Crippen LogP contribution is 2.30. The molecule has 1 aliphatic carbocycles. The highest BCUT2D eigenvalue weighted by molar-refractivity contribution is 7.12. The third-order valence-corrected chi connectivity index (χ3v) is 7.51. The summed E-state index contributed by atoms with van der Waals surface area (Å²) in [4.78, 5) is 30.0. The first kappa shape index (κ1) is 22.1. The van der Waals surface area contributed by atoms with Crippen molar-refractivity contribution in [3.05, 3.63) is 67.1 Å². The van der Waals surface area contributed by atoms with E-state index < -0.39 is 6.10 Å². The van der Waals surface area contributed by atoms with Gasteiger partial charge in [0.1, 0.15) is 11.3 Å². The van der Waals surface area contributed by atoms with Gasteiger partial charge in [-0.3, -0.25) is 4.57 Å². The molecule has 0 saturated heterocycles. The number of hydrogen-bond donors (Lipinski definition) is 1. The molecule has 5 rings (SSSR count). The molecule has 33 heavy (non-hydrogen) atoms. The van der Waals surface area contributed by atoms with Crippen molar-refractivity contribution in [3.63, 3.8) is 0 Å². The average molecular weight is 486 g/mol. The monoisotopic (exact) mass is 485 g/mol. The number of β-amino-alcohol motifs (C(OH)–C–C–N with tert-alkyl or cyclic N) is 1. The van der Waals surface area contributed by atoms with E-state index in [0.717, 1.165) is 17.7 Å². The highest BCUT2D eigenvalue weighted by Gasteiger charge is 2.25. The first-order valence-electron chi connectivity index (χ1n) is 10.9. The maximum absolute atomic E-state index is 12.7. The molecule has 0 fully saturated rings. The fourth-order valence-corrected chi connectivity index (χ4v) is 5.74. The molecule has 8 nitrogen and oxygen atoms in total. The lowest BCUT2D eigenvalue weighted by molar-refractivity contribution is 0.233. The SMILES string of the molecule is COc1nc(C2=CCN(c3ncn(Cc4cc5c(s4)CCCC5)c(=O)n3)C[C@@H]2O)ccc1Cl. The zero-order chi connectivity index (χ0) is 22.9. The summed E-state index contributed by atoms with van der Waals surface area (Å²) in [6, 6.07) is 5.65. The zero-order valence-electron chi connectivity index (χ0n) is 18.2. The predicted octanol–water partition coefficient (Wildman–Crippen LogP) is 2.95. The molecule has 2 aliphatic rings. The Morgan fingerprint density at radius 3 is 2.88 bits per heavy atom. The summed E-state index contributed by atoms with van der Waals surface area (Å²) in [6.45, 7) is 1.17. The number of methoxy groups -OCH3 is 1. The van der Waals surface area contributed by atoms with Crippen LogP contribution in [0.3, 0.4) is 0 Å². The lowest BCUT2D eigenvalue weighted by Crippen LogP contribution is -2.40. The molecule has 4 heterocycles. The van der Waals surface area contributed by atoms with Crippen LogP contribution in [-0.2, 0) is 19.4 Å². The first-order valence-corrected chi connectivity index (χ1v) is 12.1. The van der Waals surface area contributed by atoms with Gasteiger partial charge in [0, 0.05) is 21.9 Å². The molecule has 0 aromatic carbocycles. The van der Waals surface area contributed by atoms with Crippen molar-refractivity contribution in [2.24, 2.45) is 0 Å². The average Bonchev–Trinajstić information content (AvgIpc) is 3.23. The topological polar surface area (TPSA) is 93.4 Å². The van der Waals surface area contributed by atoms with Crippen LogP contribution in [0, 0.1) is 0 Å².